The number of aromatic nitrogens is 1. The van der Waals surface area contributed by atoms with Gasteiger partial charge in [-0.2, -0.15) is 0 Å². The first-order valence-electron chi connectivity index (χ1n) is 5.15. The van der Waals surface area contributed by atoms with E-state index in [-0.39, 0.29) is 0 Å². The van der Waals surface area contributed by atoms with Gasteiger partial charge in [0.1, 0.15) is 4.60 Å². The third kappa shape index (κ3) is 2.83. The minimum Gasteiger partial charge on any atom is -0.379 e. The van der Waals surface area contributed by atoms with Crippen LogP contribution in [0.3, 0.4) is 0 Å². The van der Waals surface area contributed by atoms with Crippen LogP contribution < -0.4 is 5.32 Å². The average molecular weight is 277 g/mol. The number of pyridine rings is 1. The summed E-state index contributed by atoms with van der Waals surface area (Å²) in [6.45, 7) is 2.90. The van der Waals surface area contributed by atoms with Crippen LogP contribution >= 0.6 is 15.9 Å². The smallest absolute Gasteiger partial charge is 0.129 e. The van der Waals surface area contributed by atoms with Crippen LogP contribution in [0.1, 0.15) is 11.1 Å². The van der Waals surface area contributed by atoms with E-state index in [2.05, 4.69) is 57.4 Å². The summed E-state index contributed by atoms with van der Waals surface area (Å²) in [5.41, 5.74) is 3.57. The standard InChI is InChI=1S/C13H13BrN2/c1-10-4-6-11(7-5-10)9-16-12-3-2-8-15-13(12)14/h2-8,16H,9H2,1H3. The van der Waals surface area contributed by atoms with E-state index in [0.29, 0.717) is 0 Å². The van der Waals surface area contributed by atoms with Gasteiger partial charge in [-0.3, -0.25) is 0 Å². The zero-order valence-electron chi connectivity index (χ0n) is 9.07. The van der Waals surface area contributed by atoms with Crippen molar-refractivity contribution >= 4 is 21.6 Å². The van der Waals surface area contributed by atoms with Crippen LogP contribution in [-0.4, -0.2) is 4.98 Å². The van der Waals surface area contributed by atoms with E-state index in [4.69, 9.17) is 0 Å². The van der Waals surface area contributed by atoms with Gasteiger partial charge in [-0.15, -0.1) is 0 Å². The van der Waals surface area contributed by atoms with Crippen LogP contribution in [0.25, 0.3) is 0 Å². The lowest BCUT2D eigenvalue weighted by molar-refractivity contribution is 1.12. The van der Waals surface area contributed by atoms with E-state index in [1.807, 2.05) is 12.1 Å². The second-order valence-corrected chi connectivity index (χ2v) is 4.43. The highest BCUT2D eigenvalue weighted by molar-refractivity contribution is 9.10. The normalized spacial score (nSPS) is 10.1. The molecule has 1 heterocycles. The molecule has 82 valence electrons. The van der Waals surface area contributed by atoms with Gasteiger partial charge in [-0.1, -0.05) is 29.8 Å². The molecule has 0 atom stereocenters. The molecule has 0 amide bonds. The van der Waals surface area contributed by atoms with Crippen molar-refractivity contribution in [2.45, 2.75) is 13.5 Å². The van der Waals surface area contributed by atoms with Gasteiger partial charge in [0.2, 0.25) is 0 Å². The van der Waals surface area contributed by atoms with Gasteiger partial charge in [0.05, 0.1) is 5.69 Å². The first-order valence-corrected chi connectivity index (χ1v) is 5.95. The topological polar surface area (TPSA) is 24.9 Å². The summed E-state index contributed by atoms with van der Waals surface area (Å²) >= 11 is 3.41. The summed E-state index contributed by atoms with van der Waals surface area (Å²) in [6, 6.07) is 12.4. The molecule has 2 rings (SSSR count). The largest absolute Gasteiger partial charge is 0.379 e. The Hall–Kier alpha value is -1.35. The minimum absolute atomic E-state index is 0.810. The van der Waals surface area contributed by atoms with E-state index < -0.39 is 0 Å². The summed E-state index contributed by atoms with van der Waals surface area (Å²) in [7, 11) is 0. The lowest BCUT2D eigenvalue weighted by atomic mass is 10.1. The Balaban J connectivity index is 2.02. The molecule has 0 saturated carbocycles. The Kier molecular flexibility index (Phi) is 3.57. The lowest BCUT2D eigenvalue weighted by Gasteiger charge is -2.07. The van der Waals surface area contributed by atoms with Gasteiger partial charge in [0.15, 0.2) is 0 Å². The SMILES string of the molecule is Cc1ccc(CNc2cccnc2Br)cc1. The van der Waals surface area contributed by atoms with Crippen LogP contribution in [0.2, 0.25) is 0 Å². The van der Waals surface area contributed by atoms with Crippen molar-refractivity contribution in [2.75, 3.05) is 5.32 Å². The van der Waals surface area contributed by atoms with Crippen LogP contribution in [0.4, 0.5) is 5.69 Å². The molecule has 1 aromatic carbocycles. The number of nitrogens with one attached hydrogen (secondary N) is 1. The number of halogens is 1. The molecular formula is C13H13BrN2. The Morgan fingerprint density at radius 1 is 1.19 bits per heavy atom. The third-order valence-corrected chi connectivity index (χ3v) is 2.99. The maximum atomic E-state index is 4.16. The molecule has 0 saturated heterocycles. The summed E-state index contributed by atoms with van der Waals surface area (Å²) in [5, 5.41) is 3.34. The van der Waals surface area contributed by atoms with E-state index in [0.717, 1.165) is 16.8 Å². The Bertz CT molecular complexity index is 466. The van der Waals surface area contributed by atoms with Crippen molar-refractivity contribution in [1.29, 1.82) is 0 Å². The van der Waals surface area contributed by atoms with Gasteiger partial charge < -0.3 is 5.32 Å². The molecule has 0 aliphatic heterocycles. The molecule has 0 aliphatic carbocycles. The molecule has 0 bridgehead atoms. The van der Waals surface area contributed by atoms with Crippen molar-refractivity contribution in [2.24, 2.45) is 0 Å². The monoisotopic (exact) mass is 276 g/mol. The number of anilines is 1. The van der Waals surface area contributed by atoms with Crippen molar-refractivity contribution in [3.05, 3.63) is 58.3 Å². The molecule has 2 nitrogen and oxygen atoms in total. The highest BCUT2D eigenvalue weighted by atomic mass is 79.9. The number of aryl methyl sites for hydroxylation is 1. The van der Waals surface area contributed by atoms with E-state index >= 15 is 0 Å². The lowest BCUT2D eigenvalue weighted by Crippen LogP contribution is -2.00. The molecule has 0 spiro atoms. The molecule has 1 aromatic heterocycles. The van der Waals surface area contributed by atoms with Crippen LogP contribution in [0.5, 0.6) is 0 Å². The third-order valence-electron chi connectivity index (χ3n) is 2.36. The summed E-state index contributed by atoms with van der Waals surface area (Å²) in [5.74, 6) is 0. The number of rotatable bonds is 3. The zero-order chi connectivity index (χ0) is 11.4. The summed E-state index contributed by atoms with van der Waals surface area (Å²) < 4.78 is 0.849. The quantitative estimate of drug-likeness (QED) is 0.864. The van der Waals surface area contributed by atoms with Crippen molar-refractivity contribution in [1.82, 2.24) is 4.98 Å². The second-order valence-electron chi connectivity index (χ2n) is 3.68. The van der Waals surface area contributed by atoms with Crippen LogP contribution in [-0.2, 0) is 6.54 Å². The predicted octanol–water partition coefficient (Wildman–Crippen LogP) is 3.76. The molecule has 2 aromatic rings. The zero-order valence-corrected chi connectivity index (χ0v) is 10.7. The predicted molar refractivity (Wildman–Crippen MR) is 70.4 cm³/mol. The fourth-order valence-electron chi connectivity index (χ4n) is 1.42. The molecular weight excluding hydrogens is 264 g/mol. The molecule has 16 heavy (non-hydrogen) atoms. The van der Waals surface area contributed by atoms with Gasteiger partial charge >= 0.3 is 0 Å². The van der Waals surface area contributed by atoms with Gasteiger partial charge in [-0.25, -0.2) is 4.98 Å². The fraction of sp³-hybridized carbons (Fsp3) is 0.154. The number of benzene rings is 1. The van der Waals surface area contributed by atoms with E-state index in [1.165, 1.54) is 11.1 Å². The fourth-order valence-corrected chi connectivity index (χ4v) is 1.81. The molecule has 0 unspecified atom stereocenters. The summed E-state index contributed by atoms with van der Waals surface area (Å²) in [6.07, 6.45) is 1.77. The number of nitrogens with zero attached hydrogens (tertiary/aromatic N) is 1. The van der Waals surface area contributed by atoms with E-state index in [1.54, 1.807) is 6.20 Å². The van der Waals surface area contributed by atoms with Crippen molar-refractivity contribution < 1.29 is 0 Å². The number of hydrogen-bond acceptors (Lipinski definition) is 2. The first kappa shape index (κ1) is 11.1. The highest BCUT2D eigenvalue weighted by Gasteiger charge is 1.98. The molecule has 0 fully saturated rings. The van der Waals surface area contributed by atoms with Gasteiger partial charge in [0, 0.05) is 12.7 Å². The maximum absolute atomic E-state index is 4.16. The molecule has 1 N–H and O–H groups in total. The van der Waals surface area contributed by atoms with Gasteiger partial charge in [-0.05, 0) is 40.5 Å². The minimum atomic E-state index is 0.810. The Labute approximate surface area is 104 Å². The van der Waals surface area contributed by atoms with Crippen LogP contribution in [0.15, 0.2) is 47.2 Å². The van der Waals surface area contributed by atoms with Gasteiger partial charge in [0.25, 0.3) is 0 Å². The highest BCUT2D eigenvalue weighted by Crippen LogP contribution is 2.19. The maximum Gasteiger partial charge on any atom is 0.129 e. The number of hydrogen-bond donors (Lipinski definition) is 1. The Morgan fingerprint density at radius 3 is 2.62 bits per heavy atom. The first-order chi connectivity index (χ1) is 7.75. The Morgan fingerprint density at radius 2 is 1.94 bits per heavy atom. The molecule has 0 radical (unpaired) electrons. The van der Waals surface area contributed by atoms with Crippen molar-refractivity contribution in [3.63, 3.8) is 0 Å². The molecule has 3 heteroatoms. The van der Waals surface area contributed by atoms with Crippen LogP contribution in [0, 0.1) is 6.92 Å². The van der Waals surface area contributed by atoms with E-state index in [9.17, 15) is 0 Å². The average Bonchev–Trinajstić information content (AvgIpc) is 2.30. The molecule has 0 aliphatic rings. The second kappa shape index (κ2) is 5.12. The summed E-state index contributed by atoms with van der Waals surface area (Å²) in [4.78, 5) is 4.16. The van der Waals surface area contributed by atoms with Crippen molar-refractivity contribution in [3.8, 4) is 0 Å².